The van der Waals surface area contributed by atoms with Crippen molar-refractivity contribution in [3.8, 4) is 0 Å². The highest BCUT2D eigenvalue weighted by Gasteiger charge is 2.33. The Morgan fingerprint density at radius 3 is 2.44 bits per heavy atom. The van der Waals surface area contributed by atoms with Gasteiger partial charge in [-0.3, -0.25) is 4.79 Å². The Morgan fingerprint density at radius 2 is 1.94 bits per heavy atom. The van der Waals surface area contributed by atoms with Gasteiger partial charge < -0.3 is 10.5 Å². The molecule has 18 heavy (non-hydrogen) atoms. The van der Waals surface area contributed by atoms with Crippen molar-refractivity contribution < 1.29 is 22.7 Å². The van der Waals surface area contributed by atoms with Crippen molar-refractivity contribution in [3.05, 3.63) is 40.2 Å². The maximum Gasteiger partial charge on any atom is 0.416 e. The van der Waals surface area contributed by atoms with Crippen LogP contribution in [0.5, 0.6) is 0 Å². The van der Waals surface area contributed by atoms with Crippen molar-refractivity contribution in [2.24, 2.45) is 5.73 Å². The van der Waals surface area contributed by atoms with E-state index < -0.39 is 17.5 Å². The highest BCUT2D eigenvalue weighted by Crippen LogP contribution is 2.34. The summed E-state index contributed by atoms with van der Waals surface area (Å²) in [5.74, 6) is -0.654. The quantitative estimate of drug-likeness (QED) is 0.858. The van der Waals surface area contributed by atoms with Gasteiger partial charge in [-0.25, -0.2) is 0 Å². The van der Waals surface area contributed by atoms with Crippen molar-refractivity contribution >= 4 is 23.0 Å². The summed E-state index contributed by atoms with van der Waals surface area (Å²) >= 11 is 5.61. The van der Waals surface area contributed by atoms with Crippen LogP contribution in [-0.4, -0.2) is 12.4 Å². The molecule has 1 aliphatic heterocycles. The number of rotatable bonds is 1. The van der Waals surface area contributed by atoms with E-state index in [0.717, 1.165) is 12.1 Å². The maximum absolute atomic E-state index is 12.6. The summed E-state index contributed by atoms with van der Waals surface area (Å²) < 4.78 is 42.6. The first kappa shape index (κ1) is 12.8. The molecular formula is C11H7ClF3NO2. The number of hydrogen-bond donors (Lipinski definition) is 1. The average molecular weight is 278 g/mol. The number of carbonyl (C=O) groups excluding carboxylic acids is 1. The monoisotopic (exact) mass is 277 g/mol. The van der Waals surface area contributed by atoms with Gasteiger partial charge in [-0.1, -0.05) is 11.6 Å². The third-order valence-electron chi connectivity index (χ3n) is 2.40. The van der Waals surface area contributed by atoms with Crippen LogP contribution in [0.4, 0.5) is 13.2 Å². The summed E-state index contributed by atoms with van der Waals surface area (Å²) in [4.78, 5) is 11.5. The van der Waals surface area contributed by atoms with Crippen LogP contribution in [0.3, 0.4) is 0 Å². The van der Waals surface area contributed by atoms with Gasteiger partial charge in [-0.2, -0.15) is 13.2 Å². The van der Waals surface area contributed by atoms with Gasteiger partial charge in [0.2, 0.25) is 5.78 Å². The largest absolute Gasteiger partial charge is 0.470 e. The first-order chi connectivity index (χ1) is 8.29. The Balaban J connectivity index is 2.56. The Hall–Kier alpha value is -1.69. The number of benzene rings is 1. The molecule has 0 spiro atoms. The number of ketones is 1. The minimum absolute atomic E-state index is 0.00910. The van der Waals surface area contributed by atoms with Gasteiger partial charge in [0, 0.05) is 5.02 Å². The fourth-order valence-electron chi connectivity index (χ4n) is 1.63. The molecule has 0 radical (unpaired) electrons. The minimum atomic E-state index is -4.54. The van der Waals surface area contributed by atoms with Gasteiger partial charge in [0.05, 0.1) is 11.1 Å². The summed E-state index contributed by atoms with van der Waals surface area (Å²) in [5.41, 5.74) is 4.43. The molecule has 0 fully saturated rings. The topological polar surface area (TPSA) is 52.3 Å². The first-order valence-electron chi connectivity index (χ1n) is 4.83. The summed E-state index contributed by atoms with van der Waals surface area (Å²) in [6.45, 7) is -0.269. The molecule has 1 aromatic rings. The van der Waals surface area contributed by atoms with Crippen LogP contribution in [0.15, 0.2) is 24.1 Å². The second-order valence-corrected chi connectivity index (χ2v) is 4.11. The Kier molecular flexibility index (Phi) is 2.98. The fraction of sp³-hybridized carbons (Fsp3) is 0.182. The lowest BCUT2D eigenvalue weighted by atomic mass is 10.0. The zero-order valence-corrected chi connectivity index (χ0v) is 9.60. The van der Waals surface area contributed by atoms with Gasteiger partial charge in [-0.05, 0) is 23.8 Å². The summed E-state index contributed by atoms with van der Waals surface area (Å²) in [5, 5.41) is -0.125. The summed E-state index contributed by atoms with van der Waals surface area (Å²) in [6.07, 6.45) is -4.54. The first-order valence-corrected chi connectivity index (χ1v) is 5.21. The van der Waals surface area contributed by atoms with E-state index in [1.165, 1.54) is 6.07 Å². The lowest BCUT2D eigenvalue weighted by Gasteiger charge is -2.09. The third kappa shape index (κ3) is 2.28. The van der Waals surface area contributed by atoms with Gasteiger partial charge >= 0.3 is 6.18 Å². The second-order valence-electron chi connectivity index (χ2n) is 3.68. The zero-order chi connectivity index (χ0) is 13.5. The van der Waals surface area contributed by atoms with Crippen molar-refractivity contribution in [3.63, 3.8) is 0 Å². The standard InChI is InChI=1S/C11H7ClF3NO2/c12-7-2-5(1-6(3-7)11(13,14)15)9-8(17)4-18-10(9)16/h1-3H,4,16H2. The Morgan fingerprint density at radius 1 is 1.28 bits per heavy atom. The zero-order valence-electron chi connectivity index (χ0n) is 8.84. The van der Waals surface area contributed by atoms with Crippen LogP contribution in [-0.2, 0) is 15.7 Å². The normalized spacial score (nSPS) is 16.1. The minimum Gasteiger partial charge on any atom is -0.470 e. The molecule has 0 aromatic heterocycles. The molecule has 0 amide bonds. The van der Waals surface area contributed by atoms with Gasteiger partial charge in [0.1, 0.15) is 0 Å². The molecule has 0 unspecified atom stereocenters. The second kappa shape index (κ2) is 4.20. The molecule has 1 heterocycles. The average Bonchev–Trinajstić information content (AvgIpc) is 2.56. The molecule has 0 saturated carbocycles. The van der Waals surface area contributed by atoms with E-state index in [0.29, 0.717) is 0 Å². The molecule has 2 N–H and O–H groups in total. The van der Waals surface area contributed by atoms with E-state index in [-0.39, 0.29) is 28.6 Å². The SMILES string of the molecule is NC1=C(c2cc(Cl)cc(C(F)(F)F)c2)C(=O)CO1. The van der Waals surface area contributed by atoms with Crippen LogP contribution in [0, 0.1) is 0 Å². The van der Waals surface area contributed by atoms with E-state index in [4.69, 9.17) is 22.1 Å². The number of hydrogen-bond acceptors (Lipinski definition) is 3. The number of Topliss-reactive ketones (excluding diaryl/α,β-unsaturated/α-hetero) is 1. The molecule has 0 bridgehead atoms. The molecule has 3 nitrogen and oxygen atoms in total. The summed E-state index contributed by atoms with van der Waals surface area (Å²) in [6, 6.07) is 2.84. The molecular weight excluding hydrogens is 271 g/mol. The fourth-order valence-corrected chi connectivity index (χ4v) is 1.86. The number of carbonyl (C=O) groups is 1. The van der Waals surface area contributed by atoms with Crippen LogP contribution >= 0.6 is 11.6 Å². The maximum atomic E-state index is 12.6. The van der Waals surface area contributed by atoms with Crippen molar-refractivity contribution in [1.29, 1.82) is 0 Å². The number of nitrogens with two attached hydrogens (primary N) is 1. The van der Waals surface area contributed by atoms with E-state index in [9.17, 15) is 18.0 Å². The lowest BCUT2D eigenvalue weighted by Crippen LogP contribution is -2.07. The number of halogens is 4. The molecule has 1 aromatic carbocycles. The third-order valence-corrected chi connectivity index (χ3v) is 2.62. The van der Waals surface area contributed by atoms with Gasteiger partial charge in [0.25, 0.3) is 0 Å². The Bertz CT molecular complexity index is 552. The van der Waals surface area contributed by atoms with Crippen LogP contribution in [0.1, 0.15) is 11.1 Å². The molecule has 1 aliphatic rings. The van der Waals surface area contributed by atoms with Crippen LogP contribution in [0.25, 0.3) is 5.57 Å². The number of ether oxygens (including phenoxy) is 1. The molecule has 7 heteroatoms. The lowest BCUT2D eigenvalue weighted by molar-refractivity contribution is -0.137. The highest BCUT2D eigenvalue weighted by atomic mass is 35.5. The molecule has 0 atom stereocenters. The molecule has 0 aliphatic carbocycles. The predicted octanol–water partition coefficient (Wildman–Crippen LogP) is 2.59. The predicted molar refractivity (Wildman–Crippen MR) is 58.5 cm³/mol. The van der Waals surface area contributed by atoms with E-state index >= 15 is 0 Å². The molecule has 96 valence electrons. The highest BCUT2D eigenvalue weighted by molar-refractivity contribution is 6.31. The summed E-state index contributed by atoms with van der Waals surface area (Å²) in [7, 11) is 0. The van der Waals surface area contributed by atoms with E-state index in [2.05, 4.69) is 0 Å². The Labute approximate surface area is 105 Å². The van der Waals surface area contributed by atoms with Gasteiger partial charge in [0.15, 0.2) is 12.5 Å². The van der Waals surface area contributed by atoms with Crippen LogP contribution in [0.2, 0.25) is 5.02 Å². The molecule has 2 rings (SSSR count). The van der Waals surface area contributed by atoms with E-state index in [1.54, 1.807) is 0 Å². The van der Waals surface area contributed by atoms with Crippen LogP contribution < -0.4 is 5.73 Å². The number of alkyl halides is 3. The van der Waals surface area contributed by atoms with Crippen molar-refractivity contribution in [2.75, 3.05) is 6.61 Å². The van der Waals surface area contributed by atoms with Crippen molar-refractivity contribution in [2.45, 2.75) is 6.18 Å². The smallest absolute Gasteiger partial charge is 0.416 e. The van der Waals surface area contributed by atoms with E-state index in [1.807, 2.05) is 0 Å². The van der Waals surface area contributed by atoms with Crippen molar-refractivity contribution in [1.82, 2.24) is 0 Å². The van der Waals surface area contributed by atoms with Gasteiger partial charge in [-0.15, -0.1) is 0 Å². The molecule has 0 saturated heterocycles.